The number of anilines is 1. The van der Waals surface area contributed by atoms with Crippen LogP contribution in [0.1, 0.15) is 36.1 Å². The van der Waals surface area contributed by atoms with E-state index in [-0.39, 0.29) is 11.8 Å². The van der Waals surface area contributed by atoms with Crippen molar-refractivity contribution < 1.29 is 14.3 Å². The molecule has 31 heavy (non-hydrogen) atoms. The normalized spacial score (nSPS) is 15.6. The molecular weight excluding hydrogens is 412 g/mol. The number of aromatic nitrogens is 3. The van der Waals surface area contributed by atoms with Gasteiger partial charge in [0.2, 0.25) is 11.0 Å². The number of carbonyl (C=O) groups is 1. The summed E-state index contributed by atoms with van der Waals surface area (Å²) in [6.07, 6.45) is 0.344. The maximum atomic E-state index is 12.7. The number of methoxy groups -OCH3 is 1. The number of ether oxygens (including phenoxy) is 2. The zero-order valence-electron chi connectivity index (χ0n) is 17.5. The lowest BCUT2D eigenvalue weighted by Crippen LogP contribution is -2.25. The van der Waals surface area contributed by atoms with Crippen LogP contribution in [0.3, 0.4) is 0 Å². The fraction of sp³-hybridized carbons (Fsp3) is 0.261. The Kier molecular flexibility index (Phi) is 4.86. The first-order valence-corrected chi connectivity index (χ1v) is 11.0. The summed E-state index contributed by atoms with van der Waals surface area (Å²) in [5.41, 5.74) is 3.78. The van der Waals surface area contributed by atoms with Crippen molar-refractivity contribution in [2.75, 3.05) is 19.0 Å². The number of aryl methyl sites for hydroxylation is 1. The Bertz CT molecular complexity index is 1260. The maximum Gasteiger partial charge on any atom is 0.226 e. The molecule has 4 aromatic rings. The Morgan fingerprint density at radius 1 is 1.23 bits per heavy atom. The van der Waals surface area contributed by atoms with Crippen molar-refractivity contribution in [1.82, 2.24) is 14.8 Å². The molecule has 0 spiro atoms. The third-order valence-corrected chi connectivity index (χ3v) is 6.47. The van der Waals surface area contributed by atoms with Gasteiger partial charge in [-0.3, -0.25) is 4.79 Å². The molecule has 0 bridgehead atoms. The number of hydrogen-bond donors (Lipinski definition) is 1. The van der Waals surface area contributed by atoms with Gasteiger partial charge in [-0.1, -0.05) is 29.5 Å². The van der Waals surface area contributed by atoms with Crippen molar-refractivity contribution in [2.45, 2.75) is 26.2 Å². The second-order valence-electron chi connectivity index (χ2n) is 7.37. The number of rotatable bonds is 5. The Hall–Kier alpha value is -3.39. The largest absolute Gasteiger partial charge is 0.493 e. The first kappa shape index (κ1) is 19.6. The Morgan fingerprint density at radius 2 is 2.06 bits per heavy atom. The van der Waals surface area contributed by atoms with Crippen LogP contribution in [0.2, 0.25) is 0 Å². The minimum atomic E-state index is -0.128. The number of benzene rings is 2. The van der Waals surface area contributed by atoms with Crippen LogP contribution >= 0.6 is 11.3 Å². The van der Waals surface area contributed by atoms with Crippen LogP contribution in [0.15, 0.2) is 42.5 Å². The van der Waals surface area contributed by atoms with E-state index in [1.165, 1.54) is 0 Å². The minimum Gasteiger partial charge on any atom is -0.493 e. The topological polar surface area (TPSA) is 78.3 Å². The van der Waals surface area contributed by atoms with Crippen molar-refractivity contribution in [3.63, 3.8) is 0 Å². The highest BCUT2D eigenvalue weighted by atomic mass is 32.1. The van der Waals surface area contributed by atoms with Crippen LogP contribution in [0.25, 0.3) is 15.3 Å². The van der Waals surface area contributed by atoms with Gasteiger partial charge < -0.3 is 14.8 Å². The lowest BCUT2D eigenvalue weighted by molar-refractivity contribution is -0.116. The molecule has 0 radical (unpaired) electrons. The van der Waals surface area contributed by atoms with Crippen LogP contribution < -0.4 is 14.8 Å². The van der Waals surface area contributed by atoms with E-state index in [0.717, 1.165) is 32.2 Å². The molecule has 0 saturated carbocycles. The summed E-state index contributed by atoms with van der Waals surface area (Å²) in [7, 11) is 1.62. The van der Waals surface area contributed by atoms with Crippen LogP contribution in [0.5, 0.6) is 11.5 Å². The molecule has 1 aliphatic heterocycles. The number of thiazole rings is 1. The second-order valence-corrected chi connectivity index (χ2v) is 8.38. The van der Waals surface area contributed by atoms with Crippen LogP contribution in [0, 0.1) is 6.92 Å². The van der Waals surface area contributed by atoms with Crippen molar-refractivity contribution in [3.8, 4) is 16.6 Å². The van der Waals surface area contributed by atoms with E-state index in [2.05, 4.69) is 5.32 Å². The molecule has 8 heteroatoms. The molecule has 2 aromatic heterocycles. The molecular formula is C23H22N4O3S. The standard InChI is InChI=1S/C23H22N4O3S/c1-4-30-17-10-9-14(11-18(17)29-3)15-12-20(28)25-22-21(15)13(2)26-27(22)23-24-16-7-5-6-8-19(16)31-23/h5-11,15H,4,12H2,1-3H3,(H,25,28)/t15-/m0/s1. The highest BCUT2D eigenvalue weighted by Crippen LogP contribution is 2.43. The average molecular weight is 435 g/mol. The minimum absolute atomic E-state index is 0.0485. The number of para-hydroxylation sites is 1. The van der Waals surface area contributed by atoms with Gasteiger partial charge in [0.05, 0.1) is 29.6 Å². The molecule has 5 rings (SSSR count). The van der Waals surface area contributed by atoms with E-state index in [4.69, 9.17) is 19.6 Å². The van der Waals surface area contributed by atoms with Gasteiger partial charge in [0.25, 0.3) is 0 Å². The number of nitrogens with zero attached hydrogens (tertiary/aromatic N) is 3. The summed E-state index contributed by atoms with van der Waals surface area (Å²) in [6, 6.07) is 13.8. The van der Waals surface area contributed by atoms with Crippen LogP contribution in [-0.4, -0.2) is 34.4 Å². The van der Waals surface area contributed by atoms with Gasteiger partial charge in [-0.25, -0.2) is 4.98 Å². The summed E-state index contributed by atoms with van der Waals surface area (Å²) in [4.78, 5) is 17.4. The van der Waals surface area contributed by atoms with E-state index in [0.29, 0.717) is 30.3 Å². The van der Waals surface area contributed by atoms with Crippen molar-refractivity contribution in [3.05, 3.63) is 59.3 Å². The zero-order chi connectivity index (χ0) is 21.5. The van der Waals surface area contributed by atoms with Gasteiger partial charge >= 0.3 is 0 Å². The Labute approximate surface area is 183 Å². The molecule has 0 unspecified atom stereocenters. The van der Waals surface area contributed by atoms with Crippen LogP contribution in [0.4, 0.5) is 5.82 Å². The zero-order valence-corrected chi connectivity index (χ0v) is 18.3. The molecule has 0 fully saturated rings. The summed E-state index contributed by atoms with van der Waals surface area (Å²) < 4.78 is 14.0. The highest BCUT2D eigenvalue weighted by Gasteiger charge is 2.33. The number of amides is 1. The van der Waals surface area contributed by atoms with E-state index in [1.54, 1.807) is 23.1 Å². The fourth-order valence-electron chi connectivity index (χ4n) is 4.10. The third kappa shape index (κ3) is 3.33. The van der Waals surface area contributed by atoms with Gasteiger partial charge in [0.1, 0.15) is 5.82 Å². The molecule has 1 atom stereocenters. The first-order chi connectivity index (χ1) is 15.1. The van der Waals surface area contributed by atoms with Gasteiger partial charge in [-0.05, 0) is 43.7 Å². The number of nitrogens with one attached hydrogen (secondary N) is 1. The third-order valence-electron chi connectivity index (χ3n) is 5.46. The molecule has 3 heterocycles. The first-order valence-electron chi connectivity index (χ1n) is 10.1. The molecule has 158 valence electrons. The lowest BCUT2D eigenvalue weighted by Gasteiger charge is -2.24. The summed E-state index contributed by atoms with van der Waals surface area (Å²) in [5.74, 6) is 1.86. The summed E-state index contributed by atoms with van der Waals surface area (Å²) in [6.45, 7) is 4.46. The number of hydrogen-bond acceptors (Lipinski definition) is 6. The SMILES string of the molecule is CCOc1ccc([C@@H]2CC(=O)Nc3c2c(C)nn3-c2nc3ccccc3s2)cc1OC. The Morgan fingerprint density at radius 3 is 2.84 bits per heavy atom. The molecule has 7 nitrogen and oxygen atoms in total. The van der Waals surface area contributed by atoms with Crippen molar-refractivity contribution in [1.29, 1.82) is 0 Å². The van der Waals surface area contributed by atoms with E-state index < -0.39 is 0 Å². The Balaban J connectivity index is 1.62. The van der Waals surface area contributed by atoms with Gasteiger partial charge in [0, 0.05) is 17.9 Å². The smallest absolute Gasteiger partial charge is 0.226 e. The molecule has 1 aliphatic rings. The van der Waals surface area contributed by atoms with E-state index in [9.17, 15) is 4.79 Å². The predicted octanol–water partition coefficient (Wildman–Crippen LogP) is 4.67. The van der Waals surface area contributed by atoms with Gasteiger partial charge in [-0.2, -0.15) is 9.78 Å². The summed E-state index contributed by atoms with van der Waals surface area (Å²) in [5, 5.41) is 8.51. The van der Waals surface area contributed by atoms with E-state index in [1.807, 2.05) is 56.3 Å². The second kappa shape index (κ2) is 7.70. The fourth-order valence-corrected chi connectivity index (χ4v) is 5.02. The molecule has 0 saturated heterocycles. The monoisotopic (exact) mass is 434 g/mol. The van der Waals surface area contributed by atoms with Crippen molar-refractivity contribution >= 4 is 33.3 Å². The van der Waals surface area contributed by atoms with Crippen molar-refractivity contribution in [2.24, 2.45) is 0 Å². The van der Waals surface area contributed by atoms with Gasteiger partial charge in [-0.15, -0.1) is 0 Å². The lowest BCUT2D eigenvalue weighted by atomic mass is 9.85. The molecule has 0 aliphatic carbocycles. The average Bonchev–Trinajstić information content (AvgIpc) is 3.34. The maximum absolute atomic E-state index is 12.7. The van der Waals surface area contributed by atoms with E-state index >= 15 is 0 Å². The molecule has 2 aromatic carbocycles. The molecule has 1 amide bonds. The summed E-state index contributed by atoms with van der Waals surface area (Å²) >= 11 is 1.55. The van der Waals surface area contributed by atoms with Gasteiger partial charge in [0.15, 0.2) is 11.5 Å². The predicted molar refractivity (Wildman–Crippen MR) is 121 cm³/mol. The highest BCUT2D eigenvalue weighted by molar-refractivity contribution is 7.20. The van der Waals surface area contributed by atoms with Crippen LogP contribution in [-0.2, 0) is 4.79 Å². The number of carbonyl (C=O) groups excluding carboxylic acids is 1. The quantitative estimate of drug-likeness (QED) is 0.494. The molecule has 1 N–H and O–H groups in total. The number of fused-ring (bicyclic) bond motifs is 2.